The highest BCUT2D eigenvalue weighted by molar-refractivity contribution is 9.10. The molecule has 0 bridgehead atoms. The van der Waals surface area contributed by atoms with Gasteiger partial charge in [-0.2, -0.15) is 26.3 Å². The second-order valence-corrected chi connectivity index (χ2v) is 6.06. The molecular formula is C16H10BrF6NO. The standard InChI is InChI=1S/C16H10BrF6NO/c17-12-3-1-9(2-4-12)5-14(25)24-13-7-10(15(18,19)20)6-11(8-13)16(21,22)23/h1-4,6-8H,5H2,(H,24,25). The zero-order chi connectivity index (χ0) is 18.8. The van der Waals surface area contributed by atoms with Gasteiger partial charge >= 0.3 is 12.4 Å². The fraction of sp³-hybridized carbons (Fsp3) is 0.188. The summed E-state index contributed by atoms with van der Waals surface area (Å²) >= 11 is 3.20. The Bertz CT molecular complexity index is 735. The highest BCUT2D eigenvalue weighted by Crippen LogP contribution is 2.37. The van der Waals surface area contributed by atoms with E-state index in [1.807, 2.05) is 0 Å². The first-order chi connectivity index (χ1) is 11.4. The van der Waals surface area contributed by atoms with Crippen LogP contribution in [-0.4, -0.2) is 5.91 Å². The van der Waals surface area contributed by atoms with E-state index in [1.165, 1.54) is 0 Å². The zero-order valence-electron chi connectivity index (χ0n) is 12.3. The van der Waals surface area contributed by atoms with E-state index in [1.54, 1.807) is 24.3 Å². The summed E-state index contributed by atoms with van der Waals surface area (Å²) in [5, 5.41) is 2.08. The summed E-state index contributed by atoms with van der Waals surface area (Å²) in [5.74, 6) is -0.727. The molecule has 0 aliphatic carbocycles. The molecule has 0 heterocycles. The Morgan fingerprint density at radius 3 is 1.80 bits per heavy atom. The first kappa shape index (κ1) is 19.3. The van der Waals surface area contributed by atoms with Gasteiger partial charge in [0.2, 0.25) is 5.91 Å². The van der Waals surface area contributed by atoms with Gasteiger partial charge in [0, 0.05) is 10.2 Å². The molecule has 0 atom stereocenters. The van der Waals surface area contributed by atoms with Crippen molar-refractivity contribution in [2.24, 2.45) is 0 Å². The normalized spacial score (nSPS) is 12.1. The van der Waals surface area contributed by atoms with Crippen LogP contribution >= 0.6 is 15.9 Å². The number of carbonyl (C=O) groups is 1. The third-order valence-electron chi connectivity index (χ3n) is 3.15. The topological polar surface area (TPSA) is 29.1 Å². The van der Waals surface area contributed by atoms with E-state index in [0.29, 0.717) is 17.7 Å². The molecule has 0 radical (unpaired) electrons. The van der Waals surface area contributed by atoms with E-state index < -0.39 is 35.1 Å². The van der Waals surface area contributed by atoms with Gasteiger partial charge in [-0.3, -0.25) is 4.79 Å². The molecule has 25 heavy (non-hydrogen) atoms. The maximum absolute atomic E-state index is 12.8. The molecule has 134 valence electrons. The lowest BCUT2D eigenvalue weighted by Crippen LogP contribution is -2.17. The van der Waals surface area contributed by atoms with E-state index in [9.17, 15) is 31.1 Å². The Morgan fingerprint density at radius 2 is 1.36 bits per heavy atom. The van der Waals surface area contributed by atoms with E-state index in [4.69, 9.17) is 0 Å². The highest BCUT2D eigenvalue weighted by atomic mass is 79.9. The van der Waals surface area contributed by atoms with Crippen LogP contribution in [0.5, 0.6) is 0 Å². The monoisotopic (exact) mass is 425 g/mol. The average molecular weight is 426 g/mol. The van der Waals surface area contributed by atoms with Gasteiger partial charge < -0.3 is 5.32 Å². The first-order valence-corrected chi connectivity index (χ1v) is 7.58. The van der Waals surface area contributed by atoms with Gasteiger partial charge in [0.05, 0.1) is 17.5 Å². The summed E-state index contributed by atoms with van der Waals surface area (Å²) in [5.41, 5.74) is -2.98. The van der Waals surface area contributed by atoms with Crippen molar-refractivity contribution in [3.05, 3.63) is 63.6 Å². The molecule has 0 saturated carbocycles. The molecule has 2 aromatic carbocycles. The maximum Gasteiger partial charge on any atom is 0.416 e. The molecule has 1 amide bonds. The van der Waals surface area contributed by atoms with Gasteiger partial charge in [-0.25, -0.2) is 0 Å². The molecular weight excluding hydrogens is 416 g/mol. The van der Waals surface area contributed by atoms with Crippen molar-refractivity contribution < 1.29 is 31.1 Å². The van der Waals surface area contributed by atoms with E-state index in [2.05, 4.69) is 21.2 Å². The second-order valence-electron chi connectivity index (χ2n) is 5.15. The first-order valence-electron chi connectivity index (χ1n) is 6.79. The number of hydrogen-bond donors (Lipinski definition) is 1. The molecule has 0 unspecified atom stereocenters. The molecule has 0 spiro atoms. The quantitative estimate of drug-likeness (QED) is 0.630. The largest absolute Gasteiger partial charge is 0.416 e. The van der Waals surface area contributed by atoms with Crippen molar-refractivity contribution in [2.45, 2.75) is 18.8 Å². The van der Waals surface area contributed by atoms with Crippen LogP contribution in [0.2, 0.25) is 0 Å². The van der Waals surface area contributed by atoms with Crippen molar-refractivity contribution in [2.75, 3.05) is 5.32 Å². The van der Waals surface area contributed by atoms with Crippen LogP contribution in [0.1, 0.15) is 16.7 Å². The van der Waals surface area contributed by atoms with E-state index in [0.717, 1.165) is 4.47 Å². The molecule has 0 saturated heterocycles. The molecule has 0 aliphatic rings. The Labute approximate surface area is 147 Å². The number of amides is 1. The van der Waals surface area contributed by atoms with E-state index in [-0.39, 0.29) is 12.5 Å². The summed E-state index contributed by atoms with van der Waals surface area (Å²) in [6, 6.07) is 7.48. The Morgan fingerprint density at radius 1 is 0.880 bits per heavy atom. The molecule has 2 aromatic rings. The number of benzene rings is 2. The van der Waals surface area contributed by atoms with Crippen LogP contribution in [0.3, 0.4) is 0 Å². The molecule has 9 heteroatoms. The van der Waals surface area contributed by atoms with Gasteiger partial charge in [0.25, 0.3) is 0 Å². The van der Waals surface area contributed by atoms with Crippen LogP contribution in [-0.2, 0) is 23.6 Å². The Balaban J connectivity index is 2.25. The van der Waals surface area contributed by atoms with Crippen molar-refractivity contribution in [1.82, 2.24) is 0 Å². The SMILES string of the molecule is O=C(Cc1ccc(Br)cc1)Nc1cc(C(F)(F)F)cc(C(F)(F)F)c1. The van der Waals surface area contributed by atoms with E-state index >= 15 is 0 Å². The number of carbonyl (C=O) groups excluding carboxylic acids is 1. The van der Waals surface area contributed by atoms with Crippen molar-refractivity contribution in [1.29, 1.82) is 0 Å². The minimum atomic E-state index is -4.97. The lowest BCUT2D eigenvalue weighted by molar-refractivity contribution is -0.143. The predicted molar refractivity (Wildman–Crippen MR) is 82.9 cm³/mol. The molecule has 1 N–H and O–H groups in total. The third-order valence-corrected chi connectivity index (χ3v) is 3.68. The van der Waals surface area contributed by atoms with Crippen molar-refractivity contribution in [3.63, 3.8) is 0 Å². The fourth-order valence-electron chi connectivity index (χ4n) is 2.02. The number of anilines is 1. The minimum absolute atomic E-state index is 0.00434. The maximum atomic E-state index is 12.8. The minimum Gasteiger partial charge on any atom is -0.326 e. The summed E-state index contributed by atoms with van der Waals surface area (Å²) < 4.78 is 77.4. The lowest BCUT2D eigenvalue weighted by Gasteiger charge is -2.14. The Hall–Kier alpha value is -2.03. The number of alkyl halides is 6. The van der Waals surface area contributed by atoms with Gasteiger partial charge in [0.15, 0.2) is 0 Å². The molecule has 2 nitrogen and oxygen atoms in total. The number of rotatable bonds is 3. The number of halogens is 7. The van der Waals surface area contributed by atoms with Crippen LogP contribution in [0, 0.1) is 0 Å². The smallest absolute Gasteiger partial charge is 0.326 e. The lowest BCUT2D eigenvalue weighted by atomic mass is 10.1. The number of nitrogens with one attached hydrogen (secondary N) is 1. The molecule has 0 aliphatic heterocycles. The van der Waals surface area contributed by atoms with Crippen molar-refractivity contribution >= 4 is 27.5 Å². The summed E-state index contributed by atoms with van der Waals surface area (Å²) in [4.78, 5) is 11.9. The molecule has 0 aromatic heterocycles. The van der Waals surface area contributed by atoms with Crippen LogP contribution in [0.15, 0.2) is 46.9 Å². The zero-order valence-corrected chi connectivity index (χ0v) is 13.9. The Kier molecular flexibility index (Phi) is 5.46. The van der Waals surface area contributed by atoms with Gasteiger partial charge in [-0.1, -0.05) is 28.1 Å². The fourth-order valence-corrected chi connectivity index (χ4v) is 2.28. The highest BCUT2D eigenvalue weighted by Gasteiger charge is 2.37. The van der Waals surface area contributed by atoms with Gasteiger partial charge in [-0.05, 0) is 35.9 Å². The summed E-state index contributed by atoms with van der Waals surface area (Å²) in [6.07, 6.45) is -10.1. The van der Waals surface area contributed by atoms with Crippen molar-refractivity contribution in [3.8, 4) is 0 Å². The number of hydrogen-bond acceptors (Lipinski definition) is 1. The molecule has 0 fully saturated rings. The second kappa shape index (κ2) is 7.07. The summed E-state index contributed by atoms with van der Waals surface area (Å²) in [6.45, 7) is 0. The van der Waals surface area contributed by atoms with Gasteiger partial charge in [0.1, 0.15) is 0 Å². The van der Waals surface area contributed by atoms with Crippen LogP contribution < -0.4 is 5.32 Å². The molecule has 2 rings (SSSR count). The third kappa shape index (κ3) is 5.48. The van der Waals surface area contributed by atoms with Gasteiger partial charge in [-0.15, -0.1) is 0 Å². The summed E-state index contributed by atoms with van der Waals surface area (Å²) in [7, 11) is 0. The average Bonchev–Trinajstić information content (AvgIpc) is 2.47. The predicted octanol–water partition coefficient (Wildman–Crippen LogP) is 5.67. The van der Waals surface area contributed by atoms with Crippen LogP contribution in [0.4, 0.5) is 32.0 Å². The van der Waals surface area contributed by atoms with Crippen LogP contribution in [0.25, 0.3) is 0 Å².